The van der Waals surface area contributed by atoms with Gasteiger partial charge in [0.1, 0.15) is 0 Å². The Hall–Kier alpha value is -1.40. The zero-order chi connectivity index (χ0) is 11.5. The molecular formula is C10H13N5S. The minimum atomic E-state index is 0.00452. The van der Waals surface area contributed by atoms with Crippen LogP contribution < -0.4 is 5.73 Å². The number of rotatable bonds is 3. The van der Waals surface area contributed by atoms with Gasteiger partial charge < -0.3 is 5.73 Å². The fourth-order valence-electron chi connectivity index (χ4n) is 1.36. The van der Waals surface area contributed by atoms with Crippen molar-refractivity contribution in [2.24, 2.45) is 12.8 Å². The normalized spacial score (nSPS) is 12.7. The van der Waals surface area contributed by atoms with E-state index < -0.39 is 0 Å². The Morgan fingerprint density at radius 3 is 2.75 bits per heavy atom. The van der Waals surface area contributed by atoms with Gasteiger partial charge in [0.05, 0.1) is 0 Å². The number of nitrogens with zero attached hydrogens (tertiary/aromatic N) is 4. The van der Waals surface area contributed by atoms with Crippen molar-refractivity contribution in [1.82, 2.24) is 20.2 Å². The molecule has 1 heterocycles. The third kappa shape index (κ3) is 2.23. The van der Waals surface area contributed by atoms with Gasteiger partial charge in [-0.15, -0.1) is 5.10 Å². The third-order valence-corrected chi connectivity index (χ3v) is 3.31. The summed E-state index contributed by atoms with van der Waals surface area (Å²) in [5, 5.41) is 12.1. The number of tetrazole rings is 1. The summed E-state index contributed by atoms with van der Waals surface area (Å²) in [5.41, 5.74) is 7.02. The lowest BCUT2D eigenvalue weighted by molar-refractivity contribution is 0.664. The second-order valence-corrected chi connectivity index (χ2v) is 4.52. The maximum absolute atomic E-state index is 5.91. The molecule has 0 saturated carbocycles. The zero-order valence-electron chi connectivity index (χ0n) is 9.16. The quantitative estimate of drug-likeness (QED) is 0.870. The first-order chi connectivity index (χ1) is 7.68. The lowest BCUT2D eigenvalue weighted by Crippen LogP contribution is -2.06. The van der Waals surface area contributed by atoms with Crippen molar-refractivity contribution in [3.63, 3.8) is 0 Å². The summed E-state index contributed by atoms with van der Waals surface area (Å²) in [6.45, 7) is 1.97. The lowest BCUT2D eigenvalue weighted by atomic mass is 10.1. The van der Waals surface area contributed by atoms with Gasteiger partial charge in [-0.05, 0) is 40.7 Å². The topological polar surface area (TPSA) is 69.6 Å². The molecule has 0 spiro atoms. The van der Waals surface area contributed by atoms with E-state index in [9.17, 15) is 0 Å². The predicted molar refractivity (Wildman–Crippen MR) is 62.0 cm³/mol. The Labute approximate surface area is 98.0 Å². The average Bonchev–Trinajstić information content (AvgIpc) is 2.65. The van der Waals surface area contributed by atoms with Crippen LogP contribution in [0.5, 0.6) is 0 Å². The predicted octanol–water partition coefficient (Wildman–Crippen LogP) is 1.38. The summed E-state index contributed by atoms with van der Waals surface area (Å²) < 4.78 is 1.64. The molecule has 16 heavy (non-hydrogen) atoms. The summed E-state index contributed by atoms with van der Waals surface area (Å²) in [7, 11) is 1.82. The largest absolute Gasteiger partial charge is 0.324 e. The standard InChI is InChI=1S/C10H13N5S/c1-7(11)8-5-3-4-6-9(8)16-10-12-13-14-15(10)2/h3-7H,11H2,1-2H3/t7-/m0/s1. The molecule has 0 unspecified atom stereocenters. The number of hydrogen-bond acceptors (Lipinski definition) is 5. The average molecular weight is 235 g/mol. The van der Waals surface area contributed by atoms with Crippen LogP contribution in [-0.2, 0) is 7.05 Å². The zero-order valence-corrected chi connectivity index (χ0v) is 9.98. The van der Waals surface area contributed by atoms with Crippen molar-refractivity contribution in [2.75, 3.05) is 0 Å². The van der Waals surface area contributed by atoms with Crippen LogP contribution in [0.3, 0.4) is 0 Å². The van der Waals surface area contributed by atoms with Gasteiger partial charge in [0, 0.05) is 18.0 Å². The molecule has 0 amide bonds. The van der Waals surface area contributed by atoms with Crippen molar-refractivity contribution >= 4 is 11.8 Å². The van der Waals surface area contributed by atoms with Gasteiger partial charge in [0.25, 0.3) is 0 Å². The monoisotopic (exact) mass is 235 g/mol. The second-order valence-electron chi connectivity index (χ2n) is 3.51. The highest BCUT2D eigenvalue weighted by Gasteiger charge is 2.10. The van der Waals surface area contributed by atoms with Crippen molar-refractivity contribution in [3.8, 4) is 0 Å². The van der Waals surface area contributed by atoms with Crippen LogP contribution in [0.1, 0.15) is 18.5 Å². The van der Waals surface area contributed by atoms with Gasteiger partial charge >= 0.3 is 0 Å². The minimum Gasteiger partial charge on any atom is -0.324 e. The highest BCUT2D eigenvalue weighted by molar-refractivity contribution is 7.99. The van der Waals surface area contributed by atoms with E-state index in [1.807, 2.05) is 38.2 Å². The molecule has 6 heteroatoms. The van der Waals surface area contributed by atoms with E-state index in [2.05, 4.69) is 15.5 Å². The highest BCUT2D eigenvalue weighted by atomic mass is 32.2. The molecular weight excluding hydrogens is 222 g/mol. The van der Waals surface area contributed by atoms with Gasteiger partial charge in [0.15, 0.2) is 0 Å². The number of hydrogen-bond donors (Lipinski definition) is 1. The summed E-state index contributed by atoms with van der Waals surface area (Å²) >= 11 is 1.52. The van der Waals surface area contributed by atoms with Crippen LogP contribution >= 0.6 is 11.8 Å². The molecule has 0 radical (unpaired) electrons. The first kappa shape index (κ1) is 11.1. The first-order valence-electron chi connectivity index (χ1n) is 4.93. The fourth-order valence-corrected chi connectivity index (χ4v) is 2.32. The van der Waals surface area contributed by atoms with Gasteiger partial charge in [-0.3, -0.25) is 0 Å². The lowest BCUT2D eigenvalue weighted by Gasteiger charge is -2.10. The van der Waals surface area contributed by atoms with Crippen LogP contribution in [-0.4, -0.2) is 20.2 Å². The smallest absolute Gasteiger partial charge is 0.213 e. The first-order valence-corrected chi connectivity index (χ1v) is 5.75. The number of benzene rings is 1. The van der Waals surface area contributed by atoms with E-state index in [0.717, 1.165) is 15.6 Å². The number of aromatic nitrogens is 4. The Morgan fingerprint density at radius 2 is 2.12 bits per heavy atom. The molecule has 0 aliphatic rings. The summed E-state index contributed by atoms with van der Waals surface area (Å²) in [5.74, 6) is 0. The molecule has 0 aliphatic heterocycles. The number of nitrogens with two attached hydrogens (primary N) is 1. The molecule has 1 atom stereocenters. The Bertz CT molecular complexity index is 480. The van der Waals surface area contributed by atoms with Crippen LogP contribution in [0.25, 0.3) is 0 Å². The molecule has 0 fully saturated rings. The van der Waals surface area contributed by atoms with Gasteiger partial charge in [-0.1, -0.05) is 18.2 Å². The van der Waals surface area contributed by atoms with Gasteiger partial charge in [-0.25, -0.2) is 4.68 Å². The summed E-state index contributed by atoms with van der Waals surface area (Å²) in [6.07, 6.45) is 0. The fraction of sp³-hybridized carbons (Fsp3) is 0.300. The van der Waals surface area contributed by atoms with Crippen LogP contribution in [0.2, 0.25) is 0 Å². The Morgan fingerprint density at radius 1 is 1.38 bits per heavy atom. The van der Waals surface area contributed by atoms with Crippen LogP contribution in [0, 0.1) is 0 Å². The molecule has 1 aromatic carbocycles. The van der Waals surface area contributed by atoms with Gasteiger partial charge in [-0.2, -0.15) is 0 Å². The molecule has 2 aromatic rings. The molecule has 1 aromatic heterocycles. The van der Waals surface area contributed by atoms with E-state index in [-0.39, 0.29) is 6.04 Å². The summed E-state index contributed by atoms with van der Waals surface area (Å²) in [4.78, 5) is 1.09. The maximum Gasteiger partial charge on any atom is 0.213 e. The third-order valence-electron chi connectivity index (χ3n) is 2.19. The van der Waals surface area contributed by atoms with E-state index >= 15 is 0 Å². The number of aryl methyl sites for hydroxylation is 1. The van der Waals surface area contributed by atoms with E-state index in [4.69, 9.17) is 5.73 Å². The van der Waals surface area contributed by atoms with Gasteiger partial charge in [0.2, 0.25) is 5.16 Å². The second kappa shape index (κ2) is 4.63. The van der Waals surface area contributed by atoms with E-state index in [0.29, 0.717) is 0 Å². The Kier molecular flexibility index (Phi) is 3.21. The molecule has 0 aliphatic carbocycles. The van der Waals surface area contributed by atoms with Crippen molar-refractivity contribution < 1.29 is 0 Å². The molecule has 2 N–H and O–H groups in total. The minimum absolute atomic E-state index is 0.00452. The molecule has 2 rings (SSSR count). The van der Waals surface area contributed by atoms with Crippen molar-refractivity contribution in [2.45, 2.75) is 23.0 Å². The highest BCUT2D eigenvalue weighted by Crippen LogP contribution is 2.30. The van der Waals surface area contributed by atoms with Crippen LogP contribution in [0.4, 0.5) is 0 Å². The SMILES string of the molecule is C[C@H](N)c1ccccc1Sc1nnnn1C. The van der Waals surface area contributed by atoms with Crippen molar-refractivity contribution in [1.29, 1.82) is 0 Å². The van der Waals surface area contributed by atoms with E-state index in [1.54, 1.807) is 4.68 Å². The van der Waals surface area contributed by atoms with Crippen LogP contribution in [0.15, 0.2) is 34.3 Å². The molecule has 0 bridgehead atoms. The Balaban J connectivity index is 2.31. The molecule has 0 saturated heterocycles. The summed E-state index contributed by atoms with van der Waals surface area (Å²) in [6, 6.07) is 8.02. The maximum atomic E-state index is 5.91. The van der Waals surface area contributed by atoms with E-state index in [1.165, 1.54) is 11.8 Å². The molecule has 5 nitrogen and oxygen atoms in total. The molecule has 84 valence electrons. The van der Waals surface area contributed by atoms with Crippen molar-refractivity contribution in [3.05, 3.63) is 29.8 Å².